The van der Waals surface area contributed by atoms with E-state index in [1.54, 1.807) is 20.8 Å². The molecule has 0 aromatic rings. The van der Waals surface area contributed by atoms with Crippen molar-refractivity contribution in [1.82, 2.24) is 5.32 Å². The fourth-order valence-corrected chi connectivity index (χ4v) is 0.817. The SMILES string of the molecule is CCC(C)(O)CNC(=O)C(C)(C)CCl. The molecule has 0 aromatic carbocycles. The average molecular weight is 222 g/mol. The van der Waals surface area contributed by atoms with Crippen molar-refractivity contribution in [3.05, 3.63) is 0 Å². The summed E-state index contributed by atoms with van der Waals surface area (Å²) >= 11 is 5.65. The molecule has 0 radical (unpaired) electrons. The van der Waals surface area contributed by atoms with Gasteiger partial charge in [-0.25, -0.2) is 0 Å². The Bertz CT molecular complexity index is 202. The summed E-state index contributed by atoms with van der Waals surface area (Å²) in [7, 11) is 0. The molecule has 0 spiro atoms. The molecule has 0 saturated carbocycles. The van der Waals surface area contributed by atoms with Crippen molar-refractivity contribution < 1.29 is 9.90 Å². The fourth-order valence-electron chi connectivity index (χ4n) is 0.696. The van der Waals surface area contributed by atoms with Crippen LogP contribution in [0.15, 0.2) is 0 Å². The monoisotopic (exact) mass is 221 g/mol. The highest BCUT2D eigenvalue weighted by Crippen LogP contribution is 2.17. The van der Waals surface area contributed by atoms with Crippen LogP contribution in [0.5, 0.6) is 0 Å². The smallest absolute Gasteiger partial charge is 0.226 e. The van der Waals surface area contributed by atoms with Crippen LogP contribution < -0.4 is 5.32 Å². The summed E-state index contributed by atoms with van der Waals surface area (Å²) in [6.45, 7) is 7.38. The first-order chi connectivity index (χ1) is 6.25. The Morgan fingerprint density at radius 1 is 1.43 bits per heavy atom. The summed E-state index contributed by atoms with van der Waals surface area (Å²) in [6.07, 6.45) is 0.606. The highest BCUT2D eigenvalue weighted by molar-refractivity contribution is 6.19. The van der Waals surface area contributed by atoms with E-state index in [2.05, 4.69) is 5.32 Å². The molecule has 0 aromatic heterocycles. The van der Waals surface area contributed by atoms with Gasteiger partial charge in [0.1, 0.15) is 0 Å². The second-order valence-corrected chi connectivity index (χ2v) is 4.82. The van der Waals surface area contributed by atoms with E-state index >= 15 is 0 Å². The van der Waals surface area contributed by atoms with E-state index in [0.717, 1.165) is 0 Å². The van der Waals surface area contributed by atoms with Gasteiger partial charge < -0.3 is 10.4 Å². The summed E-state index contributed by atoms with van der Waals surface area (Å²) in [4.78, 5) is 11.6. The number of amides is 1. The van der Waals surface area contributed by atoms with E-state index in [9.17, 15) is 9.90 Å². The molecule has 84 valence electrons. The molecule has 0 aliphatic carbocycles. The van der Waals surface area contributed by atoms with Gasteiger partial charge in [-0.3, -0.25) is 4.79 Å². The molecule has 0 heterocycles. The maximum Gasteiger partial charge on any atom is 0.226 e. The summed E-state index contributed by atoms with van der Waals surface area (Å²) in [6, 6.07) is 0. The zero-order valence-electron chi connectivity index (χ0n) is 9.35. The first-order valence-electron chi connectivity index (χ1n) is 4.82. The fraction of sp³-hybridized carbons (Fsp3) is 0.900. The highest BCUT2D eigenvalue weighted by Gasteiger charge is 2.28. The largest absolute Gasteiger partial charge is 0.388 e. The van der Waals surface area contributed by atoms with Gasteiger partial charge in [0.25, 0.3) is 0 Å². The lowest BCUT2D eigenvalue weighted by Crippen LogP contribution is -2.45. The van der Waals surface area contributed by atoms with E-state index < -0.39 is 11.0 Å². The third kappa shape index (κ3) is 4.29. The molecule has 1 atom stereocenters. The molecule has 0 bridgehead atoms. The minimum absolute atomic E-state index is 0.124. The number of carbonyl (C=O) groups is 1. The van der Waals surface area contributed by atoms with Crippen LogP contribution in [0.4, 0.5) is 0 Å². The molecule has 4 heteroatoms. The zero-order chi connectivity index (χ0) is 11.4. The topological polar surface area (TPSA) is 49.3 Å². The quantitative estimate of drug-likeness (QED) is 0.692. The number of alkyl halides is 1. The van der Waals surface area contributed by atoms with Gasteiger partial charge in [-0.15, -0.1) is 11.6 Å². The lowest BCUT2D eigenvalue weighted by Gasteiger charge is -2.26. The lowest BCUT2D eigenvalue weighted by molar-refractivity contribution is -0.129. The van der Waals surface area contributed by atoms with Crippen LogP contribution in [0.3, 0.4) is 0 Å². The lowest BCUT2D eigenvalue weighted by atomic mass is 9.94. The standard InChI is InChI=1S/C10H20ClNO2/c1-5-10(4,14)7-12-8(13)9(2,3)6-11/h14H,5-7H2,1-4H3,(H,12,13). The molecule has 14 heavy (non-hydrogen) atoms. The Balaban J connectivity index is 4.10. The van der Waals surface area contributed by atoms with Gasteiger partial charge in [0.2, 0.25) is 5.91 Å². The summed E-state index contributed by atoms with van der Waals surface area (Å²) in [5.41, 5.74) is -1.41. The molecular formula is C10H20ClNO2. The summed E-state index contributed by atoms with van der Waals surface area (Å²) < 4.78 is 0. The van der Waals surface area contributed by atoms with Crippen molar-refractivity contribution in [2.24, 2.45) is 5.41 Å². The first kappa shape index (κ1) is 13.7. The van der Waals surface area contributed by atoms with Crippen LogP contribution >= 0.6 is 11.6 Å². The maximum absolute atomic E-state index is 11.6. The molecule has 0 fully saturated rings. The Labute approximate surface area is 90.8 Å². The van der Waals surface area contributed by atoms with Gasteiger partial charge in [0.05, 0.1) is 11.0 Å². The summed E-state index contributed by atoms with van der Waals surface area (Å²) in [5, 5.41) is 12.4. The van der Waals surface area contributed by atoms with Gasteiger partial charge in [-0.05, 0) is 27.2 Å². The molecular weight excluding hydrogens is 202 g/mol. The van der Waals surface area contributed by atoms with Crippen molar-refractivity contribution in [1.29, 1.82) is 0 Å². The molecule has 2 N–H and O–H groups in total. The Hall–Kier alpha value is -0.280. The van der Waals surface area contributed by atoms with Crippen molar-refractivity contribution >= 4 is 17.5 Å². The molecule has 0 aliphatic rings. The number of aliphatic hydroxyl groups is 1. The van der Waals surface area contributed by atoms with Gasteiger partial charge in [0.15, 0.2) is 0 Å². The van der Waals surface area contributed by atoms with E-state index in [1.165, 1.54) is 0 Å². The molecule has 0 saturated heterocycles. The van der Waals surface area contributed by atoms with E-state index in [4.69, 9.17) is 11.6 Å². The average Bonchev–Trinajstić information content (AvgIpc) is 2.14. The van der Waals surface area contributed by atoms with Gasteiger partial charge in [-0.1, -0.05) is 6.92 Å². The van der Waals surface area contributed by atoms with Crippen LogP contribution in [-0.4, -0.2) is 29.0 Å². The van der Waals surface area contributed by atoms with Crippen LogP contribution in [0.2, 0.25) is 0 Å². The third-order valence-corrected chi connectivity index (χ3v) is 3.01. The predicted molar refractivity (Wildman–Crippen MR) is 58.4 cm³/mol. The van der Waals surface area contributed by atoms with E-state index in [-0.39, 0.29) is 18.3 Å². The highest BCUT2D eigenvalue weighted by atomic mass is 35.5. The number of hydrogen-bond donors (Lipinski definition) is 2. The predicted octanol–water partition coefficient (Wildman–Crippen LogP) is 1.53. The Morgan fingerprint density at radius 3 is 2.29 bits per heavy atom. The van der Waals surface area contributed by atoms with Gasteiger partial charge >= 0.3 is 0 Å². The van der Waals surface area contributed by atoms with Crippen LogP contribution in [0.25, 0.3) is 0 Å². The number of carbonyl (C=O) groups excluding carboxylic acids is 1. The first-order valence-corrected chi connectivity index (χ1v) is 5.35. The molecule has 3 nitrogen and oxygen atoms in total. The van der Waals surface area contributed by atoms with Crippen molar-refractivity contribution in [2.75, 3.05) is 12.4 Å². The van der Waals surface area contributed by atoms with Crippen LogP contribution in [0, 0.1) is 5.41 Å². The van der Waals surface area contributed by atoms with E-state index in [0.29, 0.717) is 6.42 Å². The normalized spacial score (nSPS) is 16.1. The molecule has 1 unspecified atom stereocenters. The zero-order valence-corrected chi connectivity index (χ0v) is 10.1. The van der Waals surface area contributed by atoms with E-state index in [1.807, 2.05) is 6.92 Å². The Kier molecular flexibility index (Phi) is 4.89. The molecule has 1 amide bonds. The molecule has 0 aliphatic heterocycles. The van der Waals surface area contributed by atoms with Crippen molar-refractivity contribution in [3.8, 4) is 0 Å². The van der Waals surface area contributed by atoms with Crippen molar-refractivity contribution in [3.63, 3.8) is 0 Å². The maximum atomic E-state index is 11.6. The molecule has 0 rings (SSSR count). The summed E-state index contributed by atoms with van der Waals surface area (Å²) in [5.74, 6) is 0.147. The third-order valence-electron chi connectivity index (χ3n) is 2.34. The van der Waals surface area contributed by atoms with Gasteiger partial charge in [-0.2, -0.15) is 0 Å². The van der Waals surface area contributed by atoms with Crippen molar-refractivity contribution in [2.45, 2.75) is 39.7 Å². The van der Waals surface area contributed by atoms with Crippen LogP contribution in [0.1, 0.15) is 34.1 Å². The second-order valence-electron chi connectivity index (χ2n) is 4.55. The van der Waals surface area contributed by atoms with Gasteiger partial charge in [0, 0.05) is 12.4 Å². The van der Waals surface area contributed by atoms with Crippen LogP contribution in [-0.2, 0) is 4.79 Å². The minimum atomic E-state index is -0.835. The Morgan fingerprint density at radius 2 is 1.93 bits per heavy atom. The second kappa shape index (κ2) is 4.99. The number of hydrogen-bond acceptors (Lipinski definition) is 2. The number of rotatable bonds is 5. The number of halogens is 1. The number of nitrogens with one attached hydrogen (secondary N) is 1. The minimum Gasteiger partial charge on any atom is -0.388 e.